The normalized spacial score (nSPS) is 20.3. The van der Waals surface area contributed by atoms with Crippen LogP contribution in [-0.2, 0) is 16.1 Å². The summed E-state index contributed by atoms with van der Waals surface area (Å²) in [5.74, 6) is 2.29. The summed E-state index contributed by atoms with van der Waals surface area (Å²) in [6.07, 6.45) is 1.68. The van der Waals surface area contributed by atoms with Crippen molar-refractivity contribution in [2.45, 2.75) is 46.6 Å². The van der Waals surface area contributed by atoms with Crippen molar-refractivity contribution in [3.8, 4) is 0 Å². The van der Waals surface area contributed by atoms with Gasteiger partial charge in [-0.2, -0.15) is 0 Å². The van der Waals surface area contributed by atoms with Gasteiger partial charge in [-0.1, -0.05) is 44.2 Å². The molecule has 1 N–H and O–H groups in total. The Morgan fingerprint density at radius 1 is 0.923 bits per heavy atom. The molecule has 7 heteroatoms. The highest BCUT2D eigenvalue weighted by atomic mass is 16.2. The molecule has 1 aromatic heterocycles. The zero-order valence-corrected chi connectivity index (χ0v) is 23.5. The lowest BCUT2D eigenvalue weighted by molar-refractivity contribution is -0.134. The number of rotatable bonds is 7. The molecule has 0 radical (unpaired) electrons. The second-order valence-corrected chi connectivity index (χ2v) is 11.6. The molecule has 0 saturated carbocycles. The first-order chi connectivity index (χ1) is 18.8. The summed E-state index contributed by atoms with van der Waals surface area (Å²) in [4.78, 5) is 37.1. The van der Waals surface area contributed by atoms with Crippen LogP contribution < -0.4 is 10.2 Å². The number of hydrogen-bond acceptors (Lipinski definition) is 5. The molecule has 0 aliphatic carbocycles. The van der Waals surface area contributed by atoms with Crippen LogP contribution in [0.15, 0.2) is 54.6 Å². The number of aromatic nitrogens is 1. The molecule has 2 aromatic carbocycles. The molecule has 0 spiro atoms. The van der Waals surface area contributed by atoms with Crippen molar-refractivity contribution in [2.75, 3.05) is 49.5 Å². The fourth-order valence-electron chi connectivity index (χ4n) is 6.07. The van der Waals surface area contributed by atoms with Gasteiger partial charge in [0.2, 0.25) is 11.8 Å². The van der Waals surface area contributed by atoms with E-state index in [4.69, 9.17) is 4.98 Å². The molecule has 0 bridgehead atoms. The van der Waals surface area contributed by atoms with Gasteiger partial charge in [0.05, 0.1) is 5.52 Å². The summed E-state index contributed by atoms with van der Waals surface area (Å²) in [5, 5.41) is 4.03. The predicted molar refractivity (Wildman–Crippen MR) is 158 cm³/mol. The van der Waals surface area contributed by atoms with E-state index in [0.717, 1.165) is 60.7 Å². The molecular formula is C32H41N5O2. The van der Waals surface area contributed by atoms with Crippen LogP contribution in [0.3, 0.4) is 0 Å². The van der Waals surface area contributed by atoms with E-state index in [1.165, 1.54) is 12.0 Å². The molecule has 206 valence electrons. The number of carbonyl (C=O) groups excluding carboxylic acids is 2. The number of hydrogen-bond donors (Lipinski definition) is 1. The average Bonchev–Trinajstić information content (AvgIpc) is 2.92. The maximum absolute atomic E-state index is 12.8. The largest absolute Gasteiger partial charge is 0.356 e. The molecule has 7 nitrogen and oxygen atoms in total. The number of carbonyl (C=O) groups is 2. The highest BCUT2D eigenvalue weighted by Crippen LogP contribution is 2.29. The Labute approximate surface area is 232 Å². The van der Waals surface area contributed by atoms with Crippen molar-refractivity contribution in [3.05, 3.63) is 65.7 Å². The van der Waals surface area contributed by atoms with E-state index >= 15 is 0 Å². The molecule has 5 rings (SSSR count). The Kier molecular flexibility index (Phi) is 8.46. The van der Waals surface area contributed by atoms with Crippen LogP contribution in [0.2, 0.25) is 0 Å². The van der Waals surface area contributed by atoms with E-state index < -0.39 is 0 Å². The highest BCUT2D eigenvalue weighted by Gasteiger charge is 2.24. The summed E-state index contributed by atoms with van der Waals surface area (Å²) in [5.41, 5.74) is 4.13. The number of nitrogens with one attached hydrogen (secondary N) is 1. The number of fused-ring (bicyclic) bond motifs is 1. The van der Waals surface area contributed by atoms with Gasteiger partial charge >= 0.3 is 0 Å². The lowest BCUT2D eigenvalue weighted by Crippen LogP contribution is -2.48. The summed E-state index contributed by atoms with van der Waals surface area (Å²) in [7, 11) is 0. The smallest absolute Gasteiger partial charge is 0.224 e. The minimum atomic E-state index is -0.135. The number of amides is 2. The molecule has 2 aliphatic rings. The Morgan fingerprint density at radius 2 is 1.64 bits per heavy atom. The quantitative estimate of drug-likeness (QED) is 0.464. The molecule has 0 unspecified atom stereocenters. The van der Waals surface area contributed by atoms with E-state index in [9.17, 15) is 9.59 Å². The van der Waals surface area contributed by atoms with Crippen LogP contribution >= 0.6 is 0 Å². The fourth-order valence-corrected chi connectivity index (χ4v) is 6.07. The molecule has 2 aliphatic heterocycles. The van der Waals surface area contributed by atoms with Gasteiger partial charge in [0.15, 0.2) is 0 Å². The third-order valence-electron chi connectivity index (χ3n) is 8.02. The number of nitrogens with zero attached hydrogens (tertiary/aromatic N) is 4. The van der Waals surface area contributed by atoms with Crippen molar-refractivity contribution in [3.63, 3.8) is 0 Å². The summed E-state index contributed by atoms with van der Waals surface area (Å²) < 4.78 is 0. The Hall–Kier alpha value is -3.45. The van der Waals surface area contributed by atoms with Crippen molar-refractivity contribution in [2.24, 2.45) is 11.8 Å². The maximum Gasteiger partial charge on any atom is 0.224 e. The number of benzene rings is 2. The van der Waals surface area contributed by atoms with E-state index in [1.54, 1.807) is 0 Å². The predicted octanol–water partition coefficient (Wildman–Crippen LogP) is 5.09. The van der Waals surface area contributed by atoms with E-state index in [0.29, 0.717) is 24.9 Å². The minimum absolute atomic E-state index is 0.0527. The first kappa shape index (κ1) is 27.1. The third kappa shape index (κ3) is 6.95. The van der Waals surface area contributed by atoms with Crippen LogP contribution in [0.25, 0.3) is 10.9 Å². The first-order valence-corrected chi connectivity index (χ1v) is 14.3. The summed E-state index contributed by atoms with van der Waals surface area (Å²) >= 11 is 0. The second kappa shape index (κ2) is 12.2. The number of piperidine rings is 1. The van der Waals surface area contributed by atoms with Gasteiger partial charge < -0.3 is 15.1 Å². The first-order valence-electron chi connectivity index (χ1n) is 14.3. The number of piperazine rings is 1. The molecule has 3 aromatic rings. The fraction of sp³-hybridized carbons (Fsp3) is 0.469. The average molecular weight is 528 g/mol. The Bertz CT molecular complexity index is 1290. The lowest BCUT2D eigenvalue weighted by atomic mass is 9.92. The zero-order valence-electron chi connectivity index (χ0n) is 23.5. The van der Waals surface area contributed by atoms with Crippen LogP contribution in [0.4, 0.5) is 11.5 Å². The second-order valence-electron chi connectivity index (χ2n) is 11.6. The number of aryl methyl sites for hydroxylation is 1. The van der Waals surface area contributed by atoms with Crippen molar-refractivity contribution >= 4 is 34.2 Å². The van der Waals surface area contributed by atoms with Gasteiger partial charge in [-0.15, -0.1) is 0 Å². The maximum atomic E-state index is 12.8. The van der Waals surface area contributed by atoms with E-state index in [2.05, 4.69) is 66.2 Å². The highest BCUT2D eigenvalue weighted by molar-refractivity contribution is 5.96. The molecule has 39 heavy (non-hydrogen) atoms. The molecule has 2 fully saturated rings. The third-order valence-corrected chi connectivity index (χ3v) is 8.02. The van der Waals surface area contributed by atoms with Gasteiger partial charge in [-0.3, -0.25) is 14.5 Å². The molecule has 2 atom stereocenters. The van der Waals surface area contributed by atoms with Crippen LogP contribution in [0.5, 0.6) is 0 Å². The van der Waals surface area contributed by atoms with Crippen molar-refractivity contribution in [1.82, 2.24) is 14.8 Å². The molecular weight excluding hydrogens is 486 g/mol. The molecule has 3 heterocycles. The number of pyridine rings is 1. The summed E-state index contributed by atoms with van der Waals surface area (Å²) in [6.45, 7) is 12.8. The SMILES string of the molecule is Cc1cc(N2C[C@@H](C)C[C@H](C)C2)nc2ccc(NC(=O)CCC(=O)N3CCN(Cc4ccccc4)CC3)cc12. The zero-order chi connectivity index (χ0) is 27.4. The minimum Gasteiger partial charge on any atom is -0.356 e. The van der Waals surface area contributed by atoms with Crippen molar-refractivity contribution < 1.29 is 9.59 Å². The monoisotopic (exact) mass is 527 g/mol. The van der Waals surface area contributed by atoms with Crippen LogP contribution in [0.1, 0.15) is 44.2 Å². The van der Waals surface area contributed by atoms with Crippen molar-refractivity contribution in [1.29, 1.82) is 0 Å². The van der Waals surface area contributed by atoms with Gasteiger partial charge in [-0.25, -0.2) is 4.98 Å². The van der Waals surface area contributed by atoms with E-state index in [-0.39, 0.29) is 24.7 Å². The van der Waals surface area contributed by atoms with Gasteiger partial charge in [0.25, 0.3) is 0 Å². The lowest BCUT2D eigenvalue weighted by Gasteiger charge is -2.36. The topological polar surface area (TPSA) is 68.8 Å². The van der Waals surface area contributed by atoms with Gasteiger partial charge in [0.1, 0.15) is 5.82 Å². The molecule has 2 amide bonds. The summed E-state index contributed by atoms with van der Waals surface area (Å²) in [6, 6.07) is 18.5. The van der Waals surface area contributed by atoms with Gasteiger partial charge in [0, 0.05) is 69.7 Å². The Balaban J connectivity index is 1.11. The standard InChI is InChI=1S/C32H41N5O2/c1-23-17-24(2)21-37(20-23)30-18-25(3)28-19-27(9-10-29(28)34-30)33-31(38)11-12-32(39)36-15-13-35(14-16-36)22-26-7-5-4-6-8-26/h4-10,18-19,23-24H,11-17,20-22H2,1-3H3,(H,33,38)/t23-,24-/m0/s1. The molecule has 2 saturated heterocycles. The Morgan fingerprint density at radius 3 is 2.36 bits per heavy atom. The number of anilines is 2. The van der Waals surface area contributed by atoms with Crippen LogP contribution in [0, 0.1) is 18.8 Å². The van der Waals surface area contributed by atoms with Crippen LogP contribution in [-0.4, -0.2) is 65.9 Å². The van der Waals surface area contributed by atoms with E-state index in [1.807, 2.05) is 29.2 Å². The van der Waals surface area contributed by atoms with Gasteiger partial charge in [-0.05, 0) is 60.6 Å².